The summed E-state index contributed by atoms with van der Waals surface area (Å²) in [5, 5.41) is 10.2. The van der Waals surface area contributed by atoms with Crippen LogP contribution in [0.15, 0.2) is 51.7 Å². The van der Waals surface area contributed by atoms with Crippen molar-refractivity contribution >= 4 is 27.6 Å². The van der Waals surface area contributed by atoms with E-state index in [2.05, 4.69) is 24.8 Å². The molecule has 140 valence electrons. The van der Waals surface area contributed by atoms with Crippen LogP contribution in [0.1, 0.15) is 25.8 Å². The molecule has 0 aromatic heterocycles. The molecule has 5 heteroatoms. The van der Waals surface area contributed by atoms with Crippen molar-refractivity contribution in [3.63, 3.8) is 0 Å². The van der Waals surface area contributed by atoms with E-state index in [0.29, 0.717) is 35.3 Å². The number of rotatable bonds is 5. The molecule has 0 bridgehead atoms. The predicted molar refractivity (Wildman–Crippen MR) is 112 cm³/mol. The van der Waals surface area contributed by atoms with Gasteiger partial charge in [-0.15, -0.1) is 0 Å². The van der Waals surface area contributed by atoms with Gasteiger partial charge in [0, 0.05) is 48.1 Å². The van der Waals surface area contributed by atoms with Crippen molar-refractivity contribution < 1.29 is 4.42 Å². The molecule has 0 amide bonds. The molecule has 2 aliphatic rings. The first kappa shape index (κ1) is 18.0. The van der Waals surface area contributed by atoms with Gasteiger partial charge < -0.3 is 9.32 Å². The van der Waals surface area contributed by atoms with E-state index in [1.54, 1.807) is 0 Å². The number of nitrogens with zero attached hydrogens (tertiary/aromatic N) is 3. The molecule has 0 saturated heterocycles. The highest BCUT2D eigenvalue weighted by atomic mass is 16.3. The van der Waals surface area contributed by atoms with Crippen molar-refractivity contribution in [1.29, 1.82) is 5.26 Å². The van der Waals surface area contributed by atoms with E-state index >= 15 is 0 Å². The average molecular weight is 371 g/mol. The van der Waals surface area contributed by atoms with Gasteiger partial charge >= 0.3 is 0 Å². The molecule has 0 radical (unpaired) electrons. The number of nitriles is 1. The van der Waals surface area contributed by atoms with Gasteiger partial charge in [0.1, 0.15) is 11.2 Å². The molecule has 0 saturated carbocycles. The molecule has 1 aliphatic heterocycles. The fourth-order valence-corrected chi connectivity index (χ4v) is 3.65. The number of anilines is 1. The summed E-state index contributed by atoms with van der Waals surface area (Å²) >= 11 is 0. The topological polar surface area (TPSA) is 70.1 Å². The summed E-state index contributed by atoms with van der Waals surface area (Å²) in [5.41, 5.74) is 4.10. The molecule has 1 aliphatic carbocycles. The van der Waals surface area contributed by atoms with Crippen LogP contribution in [0.5, 0.6) is 0 Å². The van der Waals surface area contributed by atoms with Gasteiger partial charge in [0.25, 0.3) is 0 Å². The van der Waals surface area contributed by atoms with Gasteiger partial charge in [0.15, 0.2) is 16.8 Å². The molecule has 28 heavy (non-hydrogen) atoms. The third-order valence-electron chi connectivity index (χ3n) is 5.15. The maximum absolute atomic E-state index is 12.6. The Bertz CT molecular complexity index is 1230. The molecule has 0 fully saturated rings. The van der Waals surface area contributed by atoms with Crippen molar-refractivity contribution in [3.05, 3.63) is 58.3 Å². The fraction of sp³-hybridized carbons (Fsp3) is 0.261. The van der Waals surface area contributed by atoms with Gasteiger partial charge in [0.05, 0.1) is 6.07 Å². The van der Waals surface area contributed by atoms with E-state index in [0.717, 1.165) is 35.2 Å². The average Bonchev–Trinajstić information content (AvgIpc) is 2.72. The Morgan fingerprint density at radius 1 is 1.07 bits per heavy atom. The van der Waals surface area contributed by atoms with Gasteiger partial charge in [-0.25, -0.2) is 4.98 Å². The molecular weight excluding hydrogens is 350 g/mol. The van der Waals surface area contributed by atoms with Gasteiger partial charge in [-0.3, -0.25) is 4.79 Å². The molecule has 4 rings (SSSR count). The van der Waals surface area contributed by atoms with Gasteiger partial charge in [-0.2, -0.15) is 5.26 Å². The maximum Gasteiger partial charge on any atom is 0.190 e. The van der Waals surface area contributed by atoms with Gasteiger partial charge in [-0.05, 0) is 44.0 Å². The lowest BCUT2D eigenvalue weighted by Gasteiger charge is -2.21. The normalized spacial score (nSPS) is 11.2. The summed E-state index contributed by atoms with van der Waals surface area (Å²) < 4.78 is 6.09. The van der Waals surface area contributed by atoms with Crippen molar-refractivity contribution in [2.24, 2.45) is 0 Å². The number of hydrogen-bond acceptors (Lipinski definition) is 5. The van der Waals surface area contributed by atoms with Crippen molar-refractivity contribution in [3.8, 4) is 17.5 Å². The zero-order valence-electron chi connectivity index (χ0n) is 16.0. The Labute approximate surface area is 163 Å². The minimum absolute atomic E-state index is 0.0841. The van der Waals surface area contributed by atoms with Crippen LogP contribution < -0.4 is 10.3 Å². The van der Waals surface area contributed by atoms with Crippen LogP contribution in [0, 0.1) is 11.3 Å². The lowest BCUT2D eigenvalue weighted by Crippen LogP contribution is -2.21. The molecule has 0 spiro atoms. The second-order valence-electron chi connectivity index (χ2n) is 6.80. The van der Waals surface area contributed by atoms with Crippen LogP contribution >= 0.6 is 0 Å². The molecule has 2 aromatic rings. The number of fused-ring (bicyclic) bond motifs is 4. The molecule has 5 nitrogen and oxygen atoms in total. The number of aromatic nitrogens is 1. The number of benzene rings is 3. The van der Waals surface area contributed by atoms with E-state index < -0.39 is 0 Å². The van der Waals surface area contributed by atoms with Gasteiger partial charge in [0.2, 0.25) is 0 Å². The Kier molecular flexibility index (Phi) is 4.70. The van der Waals surface area contributed by atoms with E-state index in [1.165, 1.54) is 6.07 Å². The van der Waals surface area contributed by atoms with Crippen LogP contribution in [0.3, 0.4) is 0 Å². The van der Waals surface area contributed by atoms with Crippen LogP contribution in [0.4, 0.5) is 5.69 Å². The maximum atomic E-state index is 12.6. The lowest BCUT2D eigenvalue weighted by molar-refractivity contribution is 0.613. The van der Waals surface area contributed by atoms with Crippen LogP contribution in [0.2, 0.25) is 0 Å². The van der Waals surface area contributed by atoms with Gasteiger partial charge in [-0.1, -0.05) is 12.1 Å². The Morgan fingerprint density at radius 2 is 1.89 bits per heavy atom. The molecule has 0 unspecified atom stereocenters. The monoisotopic (exact) mass is 371 g/mol. The first-order valence-corrected chi connectivity index (χ1v) is 9.56. The standard InChI is InChI=1S/C23H21N3O2/c1-3-26(4-2)16-8-10-19-21(13-16)28-22-14-20(27)17-9-7-15(6-5-11-24)12-18(17)23(22)25-19/h7-10,12-14H,3-6H2,1-2H3. The minimum Gasteiger partial charge on any atom is -0.453 e. The lowest BCUT2D eigenvalue weighted by atomic mass is 10.00. The van der Waals surface area contributed by atoms with Crippen LogP contribution in [-0.4, -0.2) is 18.1 Å². The summed E-state index contributed by atoms with van der Waals surface area (Å²) in [4.78, 5) is 19.6. The highest BCUT2D eigenvalue weighted by Crippen LogP contribution is 2.32. The van der Waals surface area contributed by atoms with Crippen molar-refractivity contribution in [2.45, 2.75) is 26.7 Å². The number of hydrogen-bond donors (Lipinski definition) is 0. The Balaban J connectivity index is 1.94. The minimum atomic E-state index is -0.0841. The first-order valence-electron chi connectivity index (χ1n) is 9.56. The van der Waals surface area contributed by atoms with Crippen molar-refractivity contribution in [1.82, 2.24) is 4.98 Å². The van der Waals surface area contributed by atoms with E-state index in [9.17, 15) is 4.79 Å². The zero-order valence-corrected chi connectivity index (χ0v) is 16.0. The predicted octanol–water partition coefficient (Wildman–Crippen LogP) is 4.75. The van der Waals surface area contributed by atoms with Crippen LogP contribution in [-0.2, 0) is 6.42 Å². The first-order chi connectivity index (χ1) is 13.6. The second-order valence-corrected chi connectivity index (χ2v) is 6.80. The highest BCUT2D eigenvalue weighted by molar-refractivity contribution is 5.97. The summed E-state index contributed by atoms with van der Waals surface area (Å²) in [5.74, 6) is 0.485. The Morgan fingerprint density at radius 3 is 2.64 bits per heavy atom. The smallest absolute Gasteiger partial charge is 0.190 e. The second kappa shape index (κ2) is 7.32. The third kappa shape index (κ3) is 3.07. The molecule has 0 N–H and O–H groups in total. The number of aryl methyl sites for hydroxylation is 1. The summed E-state index contributed by atoms with van der Waals surface area (Å²) in [6, 6.07) is 15.3. The molecular formula is C23H21N3O2. The molecule has 2 aromatic carbocycles. The quantitative estimate of drug-likeness (QED) is 0.374. The third-order valence-corrected chi connectivity index (χ3v) is 5.15. The Hall–Kier alpha value is -3.39. The molecule has 0 atom stereocenters. The van der Waals surface area contributed by atoms with Crippen molar-refractivity contribution in [2.75, 3.05) is 18.0 Å². The summed E-state index contributed by atoms with van der Waals surface area (Å²) in [6.07, 6.45) is 1.09. The zero-order chi connectivity index (χ0) is 19.7. The fourth-order valence-electron chi connectivity index (χ4n) is 3.65. The molecule has 1 heterocycles. The van der Waals surface area contributed by atoms with E-state index in [-0.39, 0.29) is 5.43 Å². The summed E-state index contributed by atoms with van der Waals surface area (Å²) in [7, 11) is 0. The highest BCUT2D eigenvalue weighted by Gasteiger charge is 2.17. The SMILES string of the molecule is CCN(CC)c1ccc2nc3c4cc(CCC#N)ccc4c(=O)cc-3oc2c1. The largest absolute Gasteiger partial charge is 0.453 e. The van der Waals surface area contributed by atoms with E-state index in [1.807, 2.05) is 36.4 Å². The van der Waals surface area contributed by atoms with E-state index in [4.69, 9.17) is 14.7 Å². The van der Waals surface area contributed by atoms with Crippen LogP contribution in [0.25, 0.3) is 33.3 Å². The summed E-state index contributed by atoms with van der Waals surface area (Å²) in [6.45, 7) is 6.04.